The zero-order valence-electron chi connectivity index (χ0n) is 12.2. The van der Waals surface area contributed by atoms with E-state index in [0.717, 1.165) is 0 Å². The van der Waals surface area contributed by atoms with Gasteiger partial charge in [0.25, 0.3) is 5.91 Å². The molecule has 2 aromatic rings. The van der Waals surface area contributed by atoms with Crippen molar-refractivity contribution in [3.05, 3.63) is 53.3 Å². The minimum atomic E-state index is -0.640. The Bertz CT molecular complexity index is 777. The second-order valence-corrected chi connectivity index (χ2v) is 4.63. The first kappa shape index (κ1) is 14.8. The van der Waals surface area contributed by atoms with Crippen molar-refractivity contribution >= 4 is 12.1 Å². The molecule has 1 aliphatic heterocycles. The van der Waals surface area contributed by atoms with Crippen LogP contribution in [0.5, 0.6) is 17.2 Å². The van der Waals surface area contributed by atoms with E-state index in [9.17, 15) is 9.18 Å². The van der Waals surface area contributed by atoms with Crippen LogP contribution in [-0.4, -0.2) is 26.0 Å². The standard InChI is InChI=1S/C16H13FN2O4/c1-21-13-7-15-14(22-9-23-15)6-10(13)8-18-19-16(20)11-4-2-3-5-12(11)17/h2-8H,9H2,1H3,(H,19,20)/b18-8+. The van der Waals surface area contributed by atoms with Gasteiger partial charge in [-0.25, -0.2) is 9.82 Å². The molecule has 23 heavy (non-hydrogen) atoms. The number of benzene rings is 2. The van der Waals surface area contributed by atoms with Crippen LogP contribution in [0.1, 0.15) is 15.9 Å². The maximum Gasteiger partial charge on any atom is 0.274 e. The van der Waals surface area contributed by atoms with Crippen LogP contribution >= 0.6 is 0 Å². The van der Waals surface area contributed by atoms with Gasteiger partial charge in [-0.15, -0.1) is 0 Å². The molecule has 0 aromatic heterocycles. The fraction of sp³-hybridized carbons (Fsp3) is 0.125. The number of methoxy groups -OCH3 is 1. The summed E-state index contributed by atoms with van der Waals surface area (Å²) in [4.78, 5) is 11.9. The van der Waals surface area contributed by atoms with Gasteiger partial charge in [0.2, 0.25) is 6.79 Å². The fourth-order valence-electron chi connectivity index (χ4n) is 2.08. The van der Waals surface area contributed by atoms with Crippen LogP contribution in [0.2, 0.25) is 0 Å². The van der Waals surface area contributed by atoms with Crippen molar-refractivity contribution in [1.82, 2.24) is 5.43 Å². The van der Waals surface area contributed by atoms with E-state index in [1.165, 1.54) is 31.5 Å². The Morgan fingerprint density at radius 3 is 2.78 bits per heavy atom. The quantitative estimate of drug-likeness (QED) is 0.694. The molecule has 0 spiro atoms. The van der Waals surface area contributed by atoms with Gasteiger partial charge < -0.3 is 14.2 Å². The molecule has 6 nitrogen and oxygen atoms in total. The summed E-state index contributed by atoms with van der Waals surface area (Å²) >= 11 is 0. The van der Waals surface area contributed by atoms with Gasteiger partial charge in [-0.2, -0.15) is 5.10 Å². The highest BCUT2D eigenvalue weighted by Gasteiger charge is 2.17. The summed E-state index contributed by atoms with van der Waals surface area (Å²) < 4.78 is 29.3. The summed E-state index contributed by atoms with van der Waals surface area (Å²) in [5.74, 6) is 0.403. The number of carbonyl (C=O) groups excluding carboxylic acids is 1. The molecule has 1 heterocycles. The van der Waals surface area contributed by atoms with E-state index < -0.39 is 11.7 Å². The average molecular weight is 316 g/mol. The van der Waals surface area contributed by atoms with Gasteiger partial charge in [0, 0.05) is 11.6 Å². The number of hydrazone groups is 1. The van der Waals surface area contributed by atoms with Crippen LogP contribution in [-0.2, 0) is 0 Å². The SMILES string of the molecule is COc1cc2c(cc1/C=N/NC(=O)c1ccccc1F)OCO2. The van der Waals surface area contributed by atoms with Crippen LogP contribution in [0.25, 0.3) is 0 Å². The molecule has 0 aliphatic carbocycles. The van der Waals surface area contributed by atoms with Crippen molar-refractivity contribution in [2.75, 3.05) is 13.9 Å². The second-order valence-electron chi connectivity index (χ2n) is 4.63. The van der Waals surface area contributed by atoms with Crippen LogP contribution in [0.3, 0.4) is 0 Å². The molecule has 118 valence electrons. The highest BCUT2D eigenvalue weighted by molar-refractivity contribution is 5.95. The number of fused-ring (bicyclic) bond motifs is 1. The van der Waals surface area contributed by atoms with Gasteiger partial charge in [0.05, 0.1) is 18.9 Å². The molecule has 0 bridgehead atoms. The molecule has 0 saturated heterocycles. The molecule has 0 radical (unpaired) electrons. The Kier molecular flexibility index (Phi) is 4.09. The topological polar surface area (TPSA) is 69.2 Å². The molecule has 3 rings (SSSR count). The lowest BCUT2D eigenvalue weighted by molar-refractivity contribution is 0.0951. The fourth-order valence-corrected chi connectivity index (χ4v) is 2.08. The summed E-state index contributed by atoms with van der Waals surface area (Å²) in [5.41, 5.74) is 2.78. The number of amides is 1. The predicted molar refractivity (Wildman–Crippen MR) is 80.6 cm³/mol. The average Bonchev–Trinajstić information content (AvgIpc) is 3.01. The Labute approximate surface area is 131 Å². The first-order chi connectivity index (χ1) is 11.2. The van der Waals surface area contributed by atoms with Crippen molar-refractivity contribution in [2.45, 2.75) is 0 Å². The van der Waals surface area contributed by atoms with Crippen molar-refractivity contribution in [2.24, 2.45) is 5.10 Å². The molecule has 7 heteroatoms. The van der Waals surface area contributed by atoms with Gasteiger partial charge in [0.1, 0.15) is 11.6 Å². The lowest BCUT2D eigenvalue weighted by Crippen LogP contribution is -2.19. The summed E-state index contributed by atoms with van der Waals surface area (Å²) in [6.45, 7) is 0.142. The third-order valence-electron chi connectivity index (χ3n) is 3.21. The van der Waals surface area contributed by atoms with Gasteiger partial charge in [-0.3, -0.25) is 4.79 Å². The largest absolute Gasteiger partial charge is 0.496 e. The number of nitrogens with one attached hydrogen (secondary N) is 1. The maximum absolute atomic E-state index is 13.5. The molecule has 0 unspecified atom stereocenters. The van der Waals surface area contributed by atoms with E-state index >= 15 is 0 Å². The molecule has 1 amide bonds. The van der Waals surface area contributed by atoms with Crippen molar-refractivity contribution in [1.29, 1.82) is 0 Å². The molecule has 1 aliphatic rings. The smallest absolute Gasteiger partial charge is 0.274 e. The van der Waals surface area contributed by atoms with Crippen LogP contribution < -0.4 is 19.6 Å². The Hall–Kier alpha value is -3.09. The van der Waals surface area contributed by atoms with Crippen molar-refractivity contribution in [3.8, 4) is 17.2 Å². The van der Waals surface area contributed by atoms with Crippen molar-refractivity contribution < 1.29 is 23.4 Å². The molecular weight excluding hydrogens is 303 g/mol. The maximum atomic E-state index is 13.5. The highest BCUT2D eigenvalue weighted by atomic mass is 19.1. The van der Waals surface area contributed by atoms with E-state index in [1.807, 2.05) is 0 Å². The highest BCUT2D eigenvalue weighted by Crippen LogP contribution is 2.37. The molecular formula is C16H13FN2O4. The zero-order valence-corrected chi connectivity index (χ0v) is 12.2. The lowest BCUT2D eigenvalue weighted by Gasteiger charge is -2.06. The second kappa shape index (κ2) is 6.35. The monoisotopic (exact) mass is 316 g/mol. The third kappa shape index (κ3) is 3.08. The minimum absolute atomic E-state index is 0.0812. The van der Waals surface area contributed by atoms with Gasteiger partial charge in [0.15, 0.2) is 11.5 Å². The zero-order chi connectivity index (χ0) is 16.2. The molecule has 0 fully saturated rings. The van der Waals surface area contributed by atoms with E-state index in [4.69, 9.17) is 14.2 Å². The number of hydrogen-bond acceptors (Lipinski definition) is 5. The molecule has 2 aromatic carbocycles. The predicted octanol–water partition coefficient (Wildman–Crippen LogP) is 2.33. The number of hydrogen-bond donors (Lipinski definition) is 1. The Balaban J connectivity index is 1.76. The Morgan fingerprint density at radius 2 is 2.04 bits per heavy atom. The summed E-state index contributed by atoms with van der Waals surface area (Å²) in [5, 5.41) is 3.83. The number of carbonyl (C=O) groups is 1. The van der Waals surface area contributed by atoms with Gasteiger partial charge >= 0.3 is 0 Å². The summed E-state index contributed by atoms with van der Waals surface area (Å²) in [7, 11) is 1.51. The van der Waals surface area contributed by atoms with Gasteiger partial charge in [-0.05, 0) is 18.2 Å². The Morgan fingerprint density at radius 1 is 1.30 bits per heavy atom. The first-order valence-electron chi connectivity index (χ1n) is 6.74. The van der Waals surface area contributed by atoms with Crippen LogP contribution in [0, 0.1) is 5.82 Å². The minimum Gasteiger partial charge on any atom is -0.496 e. The summed E-state index contributed by atoms with van der Waals surface area (Å²) in [6, 6.07) is 9.01. The molecule has 0 atom stereocenters. The number of ether oxygens (including phenoxy) is 3. The summed E-state index contributed by atoms with van der Waals surface area (Å²) in [6.07, 6.45) is 1.39. The normalized spacial score (nSPS) is 12.4. The number of rotatable bonds is 4. The third-order valence-corrected chi connectivity index (χ3v) is 3.21. The van der Waals surface area contributed by atoms with E-state index in [-0.39, 0.29) is 12.4 Å². The van der Waals surface area contributed by atoms with E-state index in [1.54, 1.807) is 18.2 Å². The number of halogens is 1. The van der Waals surface area contributed by atoms with Crippen molar-refractivity contribution in [3.63, 3.8) is 0 Å². The van der Waals surface area contributed by atoms with Crippen LogP contribution in [0.4, 0.5) is 4.39 Å². The van der Waals surface area contributed by atoms with Crippen LogP contribution in [0.15, 0.2) is 41.5 Å². The van der Waals surface area contributed by atoms with E-state index in [2.05, 4.69) is 10.5 Å². The number of nitrogens with zero attached hydrogens (tertiary/aromatic N) is 1. The molecule has 1 N–H and O–H groups in total. The lowest BCUT2D eigenvalue weighted by atomic mass is 10.2. The first-order valence-corrected chi connectivity index (χ1v) is 6.74. The van der Waals surface area contributed by atoms with E-state index in [0.29, 0.717) is 22.8 Å². The van der Waals surface area contributed by atoms with Gasteiger partial charge in [-0.1, -0.05) is 12.1 Å². The molecule has 0 saturated carbocycles.